The van der Waals surface area contributed by atoms with Gasteiger partial charge in [0.1, 0.15) is 6.61 Å². The smallest absolute Gasteiger partial charge is 0.462 e. The van der Waals surface area contributed by atoms with Gasteiger partial charge in [0.05, 0.1) is 13.2 Å². The second kappa shape index (κ2) is 34.4. The number of ether oxygens (including phenoxy) is 2. The van der Waals surface area contributed by atoms with Gasteiger partial charge in [0.25, 0.3) is 0 Å². The van der Waals surface area contributed by atoms with Crippen LogP contribution >= 0.6 is 7.82 Å². The molecule has 0 aromatic rings. The summed E-state index contributed by atoms with van der Waals surface area (Å²) in [7, 11) is -4.29. The number of carbonyl (C=O) groups is 2. The largest absolute Gasteiger partial charge is 0.472 e. The summed E-state index contributed by atoms with van der Waals surface area (Å²) in [4.78, 5) is 34.5. The summed E-state index contributed by atoms with van der Waals surface area (Å²) >= 11 is 0. The first-order chi connectivity index (χ1) is 23.3. The molecular formula is C39H65O8P. The summed E-state index contributed by atoms with van der Waals surface area (Å²) in [6, 6.07) is 0. The number of carbonyl (C=O) groups excluding carboxylic acids is 2. The summed E-state index contributed by atoms with van der Waals surface area (Å²) in [6.07, 6.45) is 41.1. The van der Waals surface area contributed by atoms with Gasteiger partial charge in [-0.3, -0.25) is 18.6 Å². The topological polar surface area (TPSA) is 108 Å². The minimum Gasteiger partial charge on any atom is -0.462 e. The van der Waals surface area contributed by atoms with Crippen molar-refractivity contribution in [2.75, 3.05) is 19.8 Å². The predicted octanol–water partition coefficient (Wildman–Crippen LogP) is 11.0. The monoisotopic (exact) mass is 692 g/mol. The summed E-state index contributed by atoms with van der Waals surface area (Å²) in [6.45, 7) is 5.20. The van der Waals surface area contributed by atoms with Crippen LogP contribution in [0.4, 0.5) is 0 Å². The lowest BCUT2D eigenvalue weighted by molar-refractivity contribution is -0.161. The molecule has 0 rings (SSSR count). The minimum absolute atomic E-state index is 0.0152. The van der Waals surface area contributed by atoms with Crippen molar-refractivity contribution in [3.05, 3.63) is 72.9 Å². The average molecular weight is 693 g/mol. The van der Waals surface area contributed by atoms with Gasteiger partial charge in [-0.2, -0.15) is 0 Å². The molecule has 2 unspecified atom stereocenters. The zero-order chi connectivity index (χ0) is 35.4. The number of unbranched alkanes of at least 4 members (excludes halogenated alkanes) is 8. The molecule has 0 saturated carbocycles. The quantitative estimate of drug-likeness (QED) is 0.0321. The molecule has 274 valence electrons. The molecule has 0 aliphatic rings. The maximum absolute atomic E-state index is 12.5. The van der Waals surface area contributed by atoms with Crippen LogP contribution in [0.5, 0.6) is 0 Å². The second-order valence-corrected chi connectivity index (χ2v) is 13.0. The van der Waals surface area contributed by atoms with Crippen LogP contribution in [0, 0.1) is 0 Å². The third kappa shape index (κ3) is 33.4. The van der Waals surface area contributed by atoms with Gasteiger partial charge in [-0.1, -0.05) is 119 Å². The van der Waals surface area contributed by atoms with Crippen LogP contribution in [0.25, 0.3) is 0 Å². The van der Waals surface area contributed by atoms with E-state index in [0.717, 1.165) is 77.0 Å². The molecule has 0 bridgehead atoms. The van der Waals surface area contributed by atoms with Crippen LogP contribution in [-0.4, -0.2) is 42.8 Å². The highest BCUT2D eigenvalue weighted by atomic mass is 31.2. The Bertz CT molecular complexity index is 1010. The molecule has 48 heavy (non-hydrogen) atoms. The minimum atomic E-state index is -4.29. The van der Waals surface area contributed by atoms with Gasteiger partial charge in [-0.15, -0.1) is 0 Å². The first kappa shape index (κ1) is 45.5. The van der Waals surface area contributed by atoms with Crippen LogP contribution in [0.1, 0.15) is 136 Å². The van der Waals surface area contributed by atoms with Crippen molar-refractivity contribution in [2.24, 2.45) is 0 Å². The van der Waals surface area contributed by atoms with Crippen LogP contribution < -0.4 is 0 Å². The van der Waals surface area contributed by atoms with Crippen molar-refractivity contribution in [1.29, 1.82) is 0 Å². The van der Waals surface area contributed by atoms with Gasteiger partial charge in [0.2, 0.25) is 0 Å². The number of allylic oxidation sites excluding steroid dienone is 12. The highest BCUT2D eigenvalue weighted by Gasteiger charge is 2.25. The molecule has 0 heterocycles. The Balaban J connectivity index is 4.32. The van der Waals surface area contributed by atoms with E-state index in [1.807, 2.05) is 6.08 Å². The molecule has 0 saturated heterocycles. The number of esters is 2. The Hall–Kier alpha value is -2.51. The Labute approximate surface area is 292 Å². The number of phosphoric acid groups is 1. The van der Waals surface area contributed by atoms with Crippen LogP contribution in [0.3, 0.4) is 0 Å². The maximum Gasteiger partial charge on any atom is 0.472 e. The van der Waals surface area contributed by atoms with E-state index in [1.54, 1.807) is 6.92 Å². The molecule has 9 heteroatoms. The fourth-order valence-electron chi connectivity index (χ4n) is 4.35. The molecular weight excluding hydrogens is 627 g/mol. The zero-order valence-corrected chi connectivity index (χ0v) is 31.0. The Morgan fingerprint density at radius 3 is 1.69 bits per heavy atom. The molecule has 0 fully saturated rings. The van der Waals surface area contributed by atoms with E-state index in [2.05, 4.69) is 80.7 Å². The maximum atomic E-state index is 12.5. The normalized spacial score (nSPS) is 14.3. The fourth-order valence-corrected chi connectivity index (χ4v) is 5.10. The molecule has 2 atom stereocenters. The van der Waals surface area contributed by atoms with E-state index in [0.29, 0.717) is 12.8 Å². The number of phosphoric ester groups is 1. The van der Waals surface area contributed by atoms with E-state index < -0.39 is 32.5 Å². The lowest BCUT2D eigenvalue weighted by Crippen LogP contribution is -2.29. The average Bonchev–Trinajstić information content (AvgIpc) is 3.06. The van der Waals surface area contributed by atoms with Gasteiger partial charge in [-0.25, -0.2) is 4.57 Å². The van der Waals surface area contributed by atoms with E-state index in [9.17, 15) is 19.0 Å². The molecule has 0 aliphatic heterocycles. The SMILES string of the molecule is CC/C=C\C/C=C\C/C=C\C/C=C\C/C=C\CCCC(=O)OC(COC(=O)CCCCCCC/C=C\CCCC)COP(=O)(O)OCC. The third-order valence-electron chi connectivity index (χ3n) is 7.00. The van der Waals surface area contributed by atoms with Gasteiger partial charge in [-0.05, 0) is 77.6 Å². The summed E-state index contributed by atoms with van der Waals surface area (Å²) in [5, 5.41) is 0. The highest BCUT2D eigenvalue weighted by Crippen LogP contribution is 2.43. The second-order valence-electron chi connectivity index (χ2n) is 11.5. The van der Waals surface area contributed by atoms with E-state index in [1.165, 1.54) is 12.8 Å². The number of rotatable bonds is 32. The predicted molar refractivity (Wildman–Crippen MR) is 198 cm³/mol. The van der Waals surface area contributed by atoms with Crippen molar-refractivity contribution in [2.45, 2.75) is 142 Å². The van der Waals surface area contributed by atoms with Gasteiger partial charge >= 0.3 is 19.8 Å². The Morgan fingerprint density at radius 1 is 0.583 bits per heavy atom. The van der Waals surface area contributed by atoms with Crippen molar-refractivity contribution in [1.82, 2.24) is 0 Å². The van der Waals surface area contributed by atoms with Crippen molar-refractivity contribution >= 4 is 19.8 Å². The Kier molecular flexibility index (Phi) is 32.6. The van der Waals surface area contributed by atoms with Crippen molar-refractivity contribution in [3.8, 4) is 0 Å². The molecule has 0 aromatic carbocycles. The standard InChI is InChI=1S/C39H65O8P/c1-4-7-9-11-13-15-17-18-19-20-21-22-24-26-28-30-32-34-39(41)47-37(36-46-48(42,43)45-6-3)35-44-38(40)33-31-29-27-25-23-16-14-12-10-8-5-2/h7,9,12-15,18-19,21-22,26,28,37H,4-6,8,10-11,16-17,20,23-25,27,29-36H2,1-3H3,(H,42,43)/b9-7-,14-12-,15-13-,19-18-,22-21-,28-26-. The molecule has 0 aromatic heterocycles. The summed E-state index contributed by atoms with van der Waals surface area (Å²) in [5.41, 5.74) is 0. The summed E-state index contributed by atoms with van der Waals surface area (Å²) < 4.78 is 32.4. The van der Waals surface area contributed by atoms with E-state index in [4.69, 9.17) is 18.5 Å². The lowest BCUT2D eigenvalue weighted by atomic mass is 10.1. The molecule has 0 aliphatic carbocycles. The van der Waals surface area contributed by atoms with Crippen molar-refractivity contribution < 1.29 is 37.6 Å². The lowest BCUT2D eigenvalue weighted by Gasteiger charge is -2.19. The molecule has 0 spiro atoms. The molecule has 0 amide bonds. The third-order valence-corrected chi connectivity index (χ3v) is 8.06. The molecule has 0 radical (unpaired) electrons. The van der Waals surface area contributed by atoms with Gasteiger partial charge in [0.15, 0.2) is 6.10 Å². The van der Waals surface area contributed by atoms with E-state index >= 15 is 0 Å². The fraction of sp³-hybridized carbons (Fsp3) is 0.641. The Morgan fingerprint density at radius 2 is 1.08 bits per heavy atom. The van der Waals surface area contributed by atoms with Gasteiger partial charge in [0, 0.05) is 12.8 Å². The number of hydrogen-bond donors (Lipinski definition) is 1. The zero-order valence-electron chi connectivity index (χ0n) is 30.1. The first-order valence-corrected chi connectivity index (χ1v) is 19.7. The number of hydrogen-bond acceptors (Lipinski definition) is 7. The van der Waals surface area contributed by atoms with Crippen LogP contribution in [0.15, 0.2) is 72.9 Å². The van der Waals surface area contributed by atoms with E-state index in [-0.39, 0.29) is 26.1 Å². The molecule has 1 N–H and O–H groups in total. The van der Waals surface area contributed by atoms with Gasteiger partial charge < -0.3 is 14.4 Å². The van der Waals surface area contributed by atoms with Crippen LogP contribution in [-0.2, 0) is 32.7 Å². The molecule has 8 nitrogen and oxygen atoms in total. The highest BCUT2D eigenvalue weighted by molar-refractivity contribution is 7.47. The first-order valence-electron chi connectivity index (χ1n) is 18.2. The summed E-state index contributed by atoms with van der Waals surface area (Å²) in [5.74, 6) is -0.887. The van der Waals surface area contributed by atoms with Crippen molar-refractivity contribution in [3.63, 3.8) is 0 Å². The van der Waals surface area contributed by atoms with Crippen LogP contribution in [0.2, 0.25) is 0 Å².